The van der Waals surface area contributed by atoms with Crippen LogP contribution in [0.25, 0.3) is 0 Å². The maximum absolute atomic E-state index is 13.4. The van der Waals surface area contributed by atoms with Crippen LogP contribution in [-0.4, -0.2) is 21.0 Å². The van der Waals surface area contributed by atoms with Crippen molar-refractivity contribution in [2.45, 2.75) is 23.8 Å². The summed E-state index contributed by atoms with van der Waals surface area (Å²) < 4.78 is 64.7. The monoisotopic (exact) mass is 330 g/mol. The Labute approximate surface area is 121 Å². The zero-order valence-corrected chi connectivity index (χ0v) is 11.9. The summed E-state index contributed by atoms with van der Waals surface area (Å²) in [5.41, 5.74) is 5.70. The van der Waals surface area contributed by atoms with Gasteiger partial charge in [-0.1, -0.05) is 0 Å². The van der Waals surface area contributed by atoms with Crippen LogP contribution in [0.5, 0.6) is 0 Å². The van der Waals surface area contributed by atoms with Gasteiger partial charge in [-0.25, -0.2) is 26.3 Å². The van der Waals surface area contributed by atoms with E-state index in [2.05, 4.69) is 4.72 Å². The van der Waals surface area contributed by atoms with E-state index in [-0.39, 0.29) is 37.0 Å². The fraction of sp³-hybridized carbons (Fsp3) is 0.455. The van der Waals surface area contributed by atoms with E-state index in [4.69, 9.17) is 5.73 Å². The van der Waals surface area contributed by atoms with Gasteiger partial charge in [-0.2, -0.15) is 0 Å². The summed E-state index contributed by atoms with van der Waals surface area (Å²) in [6, 6.07) is 0.156. The van der Waals surface area contributed by atoms with Crippen LogP contribution in [0.1, 0.15) is 12.8 Å². The second-order valence-corrected chi connectivity index (χ2v) is 6.29. The minimum Gasteiger partial charge on any atom is -0.326 e. The summed E-state index contributed by atoms with van der Waals surface area (Å²) in [6.45, 7) is -0.0641. The second kappa shape index (κ2) is 6.30. The third kappa shape index (κ3) is 3.85. The van der Waals surface area contributed by atoms with Crippen LogP contribution in [0.4, 0.5) is 13.2 Å². The quantitative estimate of drug-likeness (QED) is 0.804. The Kier molecular flexibility index (Phi) is 5.42. The standard InChI is InChI=1S/C11H13F3N2O2S.ClH/c12-7-3-9(14)11(4-8(7)13)19(17,18)16-5-10(15)6-1-2-6;/h3-4,6,10,16H,1-2,5,15H2;1H. The van der Waals surface area contributed by atoms with Crippen molar-refractivity contribution in [3.05, 3.63) is 29.6 Å². The lowest BCUT2D eigenvalue weighted by Crippen LogP contribution is -2.38. The van der Waals surface area contributed by atoms with Gasteiger partial charge in [-0.05, 0) is 24.8 Å². The first-order valence-corrected chi connectivity index (χ1v) is 7.19. The Morgan fingerprint density at radius 3 is 2.30 bits per heavy atom. The molecular weight excluding hydrogens is 317 g/mol. The number of nitrogens with one attached hydrogen (secondary N) is 1. The van der Waals surface area contributed by atoms with Gasteiger partial charge < -0.3 is 5.73 Å². The van der Waals surface area contributed by atoms with Gasteiger partial charge in [0.2, 0.25) is 10.0 Å². The summed E-state index contributed by atoms with van der Waals surface area (Å²) in [4.78, 5) is -0.922. The molecule has 114 valence electrons. The predicted molar refractivity (Wildman–Crippen MR) is 69.5 cm³/mol. The molecule has 0 aliphatic heterocycles. The minimum absolute atomic E-state index is 0. The third-order valence-electron chi connectivity index (χ3n) is 3.00. The Balaban J connectivity index is 0.00000200. The van der Waals surface area contributed by atoms with Gasteiger partial charge in [0.15, 0.2) is 11.6 Å². The predicted octanol–water partition coefficient (Wildman–Crippen LogP) is 1.54. The molecule has 9 heteroatoms. The lowest BCUT2D eigenvalue weighted by atomic mass is 10.2. The highest BCUT2D eigenvalue weighted by Gasteiger charge is 2.30. The van der Waals surface area contributed by atoms with Crippen molar-refractivity contribution >= 4 is 22.4 Å². The van der Waals surface area contributed by atoms with Gasteiger partial charge >= 0.3 is 0 Å². The fourth-order valence-electron chi connectivity index (χ4n) is 1.68. The van der Waals surface area contributed by atoms with E-state index < -0.39 is 32.4 Å². The topological polar surface area (TPSA) is 72.2 Å². The highest BCUT2D eigenvalue weighted by molar-refractivity contribution is 7.89. The van der Waals surface area contributed by atoms with Crippen LogP contribution >= 0.6 is 12.4 Å². The van der Waals surface area contributed by atoms with Crippen molar-refractivity contribution in [1.29, 1.82) is 0 Å². The molecule has 2 rings (SSSR count). The molecular formula is C11H14ClF3N2O2S. The molecule has 4 nitrogen and oxygen atoms in total. The van der Waals surface area contributed by atoms with Crippen LogP contribution in [0.15, 0.2) is 17.0 Å². The summed E-state index contributed by atoms with van der Waals surface area (Å²) in [5.74, 6) is -3.94. The average Bonchev–Trinajstić information content (AvgIpc) is 3.14. The number of sulfonamides is 1. The Morgan fingerprint density at radius 1 is 1.20 bits per heavy atom. The first-order chi connectivity index (χ1) is 8.81. The van der Waals surface area contributed by atoms with Crippen LogP contribution in [-0.2, 0) is 10.0 Å². The number of hydrogen-bond acceptors (Lipinski definition) is 3. The van der Waals surface area contributed by atoms with Crippen molar-refractivity contribution in [3.63, 3.8) is 0 Å². The molecule has 1 saturated carbocycles. The maximum Gasteiger partial charge on any atom is 0.243 e. The molecule has 0 saturated heterocycles. The van der Waals surface area contributed by atoms with Crippen molar-refractivity contribution in [2.75, 3.05) is 6.54 Å². The van der Waals surface area contributed by atoms with Gasteiger partial charge in [0.1, 0.15) is 10.7 Å². The molecule has 1 aromatic carbocycles. The zero-order chi connectivity index (χ0) is 14.2. The smallest absolute Gasteiger partial charge is 0.243 e. The van der Waals surface area contributed by atoms with E-state index >= 15 is 0 Å². The van der Waals surface area contributed by atoms with Crippen LogP contribution in [0.2, 0.25) is 0 Å². The van der Waals surface area contributed by atoms with E-state index in [0.717, 1.165) is 12.8 Å². The van der Waals surface area contributed by atoms with Crippen LogP contribution in [0.3, 0.4) is 0 Å². The molecule has 0 amide bonds. The SMILES string of the molecule is Cl.NC(CNS(=O)(=O)c1cc(F)c(F)cc1F)C1CC1. The first kappa shape index (κ1) is 17.2. The van der Waals surface area contributed by atoms with Gasteiger partial charge in [-0.3, -0.25) is 0 Å². The van der Waals surface area contributed by atoms with Crippen molar-refractivity contribution in [1.82, 2.24) is 4.72 Å². The highest BCUT2D eigenvalue weighted by Crippen LogP contribution is 2.31. The van der Waals surface area contributed by atoms with Crippen molar-refractivity contribution < 1.29 is 21.6 Å². The van der Waals surface area contributed by atoms with Crippen LogP contribution in [0, 0.1) is 23.4 Å². The molecule has 1 unspecified atom stereocenters. The van der Waals surface area contributed by atoms with Gasteiger partial charge in [0, 0.05) is 18.7 Å². The Bertz CT molecular complexity index is 594. The molecule has 20 heavy (non-hydrogen) atoms. The number of hydrogen-bond donors (Lipinski definition) is 2. The van der Waals surface area contributed by atoms with E-state index in [0.29, 0.717) is 6.07 Å². The summed E-state index contributed by atoms with van der Waals surface area (Å²) in [7, 11) is -4.24. The number of rotatable bonds is 5. The van der Waals surface area contributed by atoms with E-state index in [1.807, 2.05) is 0 Å². The second-order valence-electron chi connectivity index (χ2n) is 4.55. The van der Waals surface area contributed by atoms with Crippen molar-refractivity contribution in [2.24, 2.45) is 11.7 Å². The van der Waals surface area contributed by atoms with E-state index in [1.165, 1.54) is 0 Å². The lowest BCUT2D eigenvalue weighted by molar-refractivity contribution is 0.480. The molecule has 3 N–H and O–H groups in total. The van der Waals surface area contributed by atoms with E-state index in [1.54, 1.807) is 0 Å². The highest BCUT2D eigenvalue weighted by atomic mass is 35.5. The third-order valence-corrected chi connectivity index (χ3v) is 4.44. The number of halogens is 4. The van der Waals surface area contributed by atoms with Gasteiger partial charge in [0.25, 0.3) is 0 Å². The Morgan fingerprint density at radius 2 is 1.75 bits per heavy atom. The summed E-state index contributed by atoms with van der Waals surface area (Å²) >= 11 is 0. The molecule has 0 radical (unpaired) electrons. The largest absolute Gasteiger partial charge is 0.326 e. The lowest BCUT2D eigenvalue weighted by Gasteiger charge is -2.12. The number of nitrogens with two attached hydrogens (primary N) is 1. The Hall–Kier alpha value is -0.830. The molecule has 0 aromatic heterocycles. The van der Waals surface area contributed by atoms with Gasteiger partial charge in [0.05, 0.1) is 0 Å². The minimum atomic E-state index is -4.24. The molecule has 1 aromatic rings. The normalized spacial score (nSPS) is 16.6. The number of benzene rings is 1. The first-order valence-electron chi connectivity index (χ1n) is 5.71. The average molecular weight is 331 g/mol. The molecule has 1 aliphatic rings. The molecule has 1 aliphatic carbocycles. The van der Waals surface area contributed by atoms with Crippen LogP contribution < -0.4 is 10.5 Å². The maximum atomic E-state index is 13.4. The molecule has 0 bridgehead atoms. The summed E-state index contributed by atoms with van der Waals surface area (Å²) in [6.07, 6.45) is 1.87. The molecule has 1 fully saturated rings. The van der Waals surface area contributed by atoms with E-state index in [9.17, 15) is 21.6 Å². The molecule has 0 spiro atoms. The fourth-order valence-corrected chi connectivity index (χ4v) is 2.83. The summed E-state index contributed by atoms with van der Waals surface area (Å²) in [5, 5.41) is 0. The van der Waals surface area contributed by atoms with Crippen molar-refractivity contribution in [3.8, 4) is 0 Å². The molecule has 0 heterocycles. The van der Waals surface area contributed by atoms with Gasteiger partial charge in [-0.15, -0.1) is 12.4 Å². The molecule has 1 atom stereocenters. The zero-order valence-electron chi connectivity index (χ0n) is 10.3.